The van der Waals surface area contributed by atoms with Gasteiger partial charge in [0.15, 0.2) is 0 Å². The van der Waals surface area contributed by atoms with Crippen molar-refractivity contribution in [2.45, 2.75) is 25.4 Å². The van der Waals surface area contributed by atoms with Gasteiger partial charge in [0, 0.05) is 11.4 Å². The summed E-state index contributed by atoms with van der Waals surface area (Å²) in [5.41, 5.74) is 3.05. The van der Waals surface area contributed by atoms with E-state index in [0.717, 1.165) is 12.0 Å². The van der Waals surface area contributed by atoms with Gasteiger partial charge in [-0.2, -0.15) is 0 Å². The van der Waals surface area contributed by atoms with Crippen LogP contribution in [0.3, 0.4) is 0 Å². The van der Waals surface area contributed by atoms with Gasteiger partial charge in [0.05, 0.1) is 0 Å². The standard InChI is InChI=1S/C22H19ClF2/c23-20-12-8-16(9-13-20)6-10-19-11-7-17(15-22(19)25)14-21(24)18-4-2-1-3-5-18/h1-5,7-9,11-13,15,21H,6,10,14H2/t21-/m0/s1. The second-order valence-electron chi connectivity index (χ2n) is 6.13. The number of hydrogen-bond acceptors (Lipinski definition) is 0. The molecule has 0 saturated carbocycles. The van der Waals surface area contributed by atoms with E-state index in [1.165, 1.54) is 6.07 Å². The van der Waals surface area contributed by atoms with E-state index in [1.807, 2.05) is 48.5 Å². The summed E-state index contributed by atoms with van der Waals surface area (Å²) in [6.07, 6.45) is 0.396. The van der Waals surface area contributed by atoms with Crippen molar-refractivity contribution in [3.8, 4) is 0 Å². The highest BCUT2D eigenvalue weighted by molar-refractivity contribution is 6.30. The molecule has 0 aliphatic heterocycles. The van der Waals surface area contributed by atoms with Crippen LogP contribution < -0.4 is 0 Å². The van der Waals surface area contributed by atoms with Gasteiger partial charge in [-0.25, -0.2) is 8.78 Å². The van der Waals surface area contributed by atoms with Crippen molar-refractivity contribution in [3.63, 3.8) is 0 Å². The normalized spacial score (nSPS) is 12.1. The van der Waals surface area contributed by atoms with Crippen molar-refractivity contribution < 1.29 is 8.78 Å². The minimum Gasteiger partial charge on any atom is -0.242 e. The molecular formula is C22H19ClF2. The van der Waals surface area contributed by atoms with Gasteiger partial charge >= 0.3 is 0 Å². The molecule has 0 bridgehead atoms. The molecule has 1 atom stereocenters. The molecule has 0 heterocycles. The predicted molar refractivity (Wildman–Crippen MR) is 99.3 cm³/mol. The first-order valence-electron chi connectivity index (χ1n) is 8.32. The fraction of sp³-hybridized carbons (Fsp3) is 0.182. The van der Waals surface area contributed by atoms with Crippen LogP contribution in [0, 0.1) is 5.82 Å². The highest BCUT2D eigenvalue weighted by Crippen LogP contribution is 2.23. The first-order chi connectivity index (χ1) is 12.1. The highest BCUT2D eigenvalue weighted by Gasteiger charge is 2.12. The number of hydrogen-bond donors (Lipinski definition) is 0. The Labute approximate surface area is 152 Å². The Morgan fingerprint density at radius 2 is 1.48 bits per heavy atom. The van der Waals surface area contributed by atoms with Crippen LogP contribution in [0.15, 0.2) is 72.8 Å². The summed E-state index contributed by atoms with van der Waals surface area (Å²) in [5, 5.41) is 0.693. The minimum absolute atomic E-state index is 0.179. The maximum Gasteiger partial charge on any atom is 0.129 e. The molecule has 0 N–H and O–H groups in total. The van der Waals surface area contributed by atoms with E-state index in [4.69, 9.17) is 11.6 Å². The van der Waals surface area contributed by atoms with Gasteiger partial charge in [0.1, 0.15) is 12.0 Å². The molecule has 0 aromatic heterocycles. The monoisotopic (exact) mass is 356 g/mol. The molecule has 25 heavy (non-hydrogen) atoms. The zero-order valence-electron chi connectivity index (χ0n) is 13.8. The fourth-order valence-corrected chi connectivity index (χ4v) is 2.96. The van der Waals surface area contributed by atoms with Gasteiger partial charge < -0.3 is 0 Å². The van der Waals surface area contributed by atoms with Crippen molar-refractivity contribution in [3.05, 3.63) is 106 Å². The zero-order chi connectivity index (χ0) is 17.6. The second-order valence-corrected chi connectivity index (χ2v) is 6.57. The lowest BCUT2D eigenvalue weighted by molar-refractivity contribution is 0.342. The van der Waals surface area contributed by atoms with Gasteiger partial charge in [-0.15, -0.1) is 0 Å². The minimum atomic E-state index is -1.12. The van der Waals surface area contributed by atoms with Crippen LogP contribution in [-0.4, -0.2) is 0 Å². The summed E-state index contributed by atoms with van der Waals surface area (Å²) in [7, 11) is 0. The molecule has 0 nitrogen and oxygen atoms in total. The summed E-state index contributed by atoms with van der Waals surface area (Å²) < 4.78 is 28.6. The van der Waals surface area contributed by atoms with E-state index >= 15 is 0 Å². The Hall–Kier alpha value is -2.19. The number of aryl methyl sites for hydroxylation is 2. The predicted octanol–water partition coefficient (Wildman–Crippen LogP) is 6.52. The van der Waals surface area contributed by atoms with Crippen molar-refractivity contribution in [2.75, 3.05) is 0 Å². The largest absolute Gasteiger partial charge is 0.242 e. The number of alkyl halides is 1. The van der Waals surface area contributed by atoms with Crippen molar-refractivity contribution in [2.24, 2.45) is 0 Å². The summed E-state index contributed by atoms with van der Waals surface area (Å²) in [5.74, 6) is -0.272. The third-order valence-corrected chi connectivity index (χ3v) is 4.54. The Morgan fingerprint density at radius 1 is 0.800 bits per heavy atom. The third-order valence-electron chi connectivity index (χ3n) is 4.29. The van der Waals surface area contributed by atoms with E-state index in [-0.39, 0.29) is 12.2 Å². The first-order valence-corrected chi connectivity index (χ1v) is 8.70. The summed E-state index contributed by atoms with van der Waals surface area (Å²) >= 11 is 5.87. The van der Waals surface area contributed by atoms with Crippen LogP contribution in [0.4, 0.5) is 8.78 Å². The van der Waals surface area contributed by atoms with Crippen LogP contribution >= 0.6 is 11.6 Å². The molecule has 0 aliphatic carbocycles. The number of benzene rings is 3. The first kappa shape index (κ1) is 17.6. The average molecular weight is 357 g/mol. The molecule has 0 radical (unpaired) electrons. The molecule has 0 fully saturated rings. The molecule has 3 aromatic carbocycles. The van der Waals surface area contributed by atoms with Gasteiger partial charge in [0.2, 0.25) is 0 Å². The zero-order valence-corrected chi connectivity index (χ0v) is 14.5. The summed E-state index contributed by atoms with van der Waals surface area (Å²) in [6.45, 7) is 0. The molecule has 0 aliphatic rings. The lowest BCUT2D eigenvalue weighted by Crippen LogP contribution is -2.00. The topological polar surface area (TPSA) is 0 Å². The van der Waals surface area contributed by atoms with Crippen LogP contribution in [0.1, 0.15) is 28.4 Å². The molecule has 0 unspecified atom stereocenters. The van der Waals surface area contributed by atoms with Gasteiger partial charge in [0.25, 0.3) is 0 Å². The third kappa shape index (κ3) is 4.90. The highest BCUT2D eigenvalue weighted by atomic mass is 35.5. The Balaban J connectivity index is 1.63. The molecule has 3 heteroatoms. The van der Waals surface area contributed by atoms with Crippen LogP contribution in [-0.2, 0) is 19.3 Å². The van der Waals surface area contributed by atoms with Crippen molar-refractivity contribution in [1.29, 1.82) is 0 Å². The molecule has 3 rings (SSSR count). The van der Waals surface area contributed by atoms with E-state index in [9.17, 15) is 8.78 Å². The molecule has 0 spiro atoms. The van der Waals surface area contributed by atoms with E-state index in [0.29, 0.717) is 28.1 Å². The smallest absolute Gasteiger partial charge is 0.129 e. The second kappa shape index (κ2) is 8.26. The molecule has 3 aromatic rings. The van der Waals surface area contributed by atoms with Gasteiger partial charge in [-0.1, -0.05) is 66.2 Å². The van der Waals surface area contributed by atoms with Crippen LogP contribution in [0.5, 0.6) is 0 Å². The SMILES string of the molecule is Fc1cc(C[C@H](F)c2ccccc2)ccc1CCc1ccc(Cl)cc1. The van der Waals surface area contributed by atoms with E-state index in [1.54, 1.807) is 18.2 Å². The lowest BCUT2D eigenvalue weighted by atomic mass is 9.99. The van der Waals surface area contributed by atoms with Crippen molar-refractivity contribution >= 4 is 11.6 Å². The van der Waals surface area contributed by atoms with E-state index < -0.39 is 6.17 Å². The molecule has 0 saturated heterocycles. The van der Waals surface area contributed by atoms with Gasteiger partial charge in [-0.05, 0) is 53.3 Å². The van der Waals surface area contributed by atoms with Crippen LogP contribution in [0.2, 0.25) is 5.02 Å². The maximum absolute atomic E-state index is 14.3. The number of rotatable bonds is 6. The average Bonchev–Trinajstić information content (AvgIpc) is 2.63. The molecule has 128 valence electrons. The molecular weight excluding hydrogens is 338 g/mol. The quantitative estimate of drug-likeness (QED) is 0.471. The van der Waals surface area contributed by atoms with Gasteiger partial charge in [-0.3, -0.25) is 0 Å². The fourth-order valence-electron chi connectivity index (χ4n) is 2.84. The lowest BCUT2D eigenvalue weighted by Gasteiger charge is -2.10. The Bertz CT molecular complexity index is 813. The summed E-state index contributed by atoms with van der Waals surface area (Å²) in [6, 6.07) is 21.6. The van der Waals surface area contributed by atoms with Crippen LogP contribution in [0.25, 0.3) is 0 Å². The molecule has 0 amide bonds. The Morgan fingerprint density at radius 3 is 2.16 bits per heavy atom. The van der Waals surface area contributed by atoms with Crippen molar-refractivity contribution in [1.82, 2.24) is 0 Å². The maximum atomic E-state index is 14.3. The van der Waals surface area contributed by atoms with E-state index in [2.05, 4.69) is 0 Å². The Kier molecular flexibility index (Phi) is 5.83. The summed E-state index contributed by atoms with van der Waals surface area (Å²) in [4.78, 5) is 0. The number of halogens is 3.